The zero-order valence-electron chi connectivity index (χ0n) is 13.3. The second-order valence-electron chi connectivity index (χ2n) is 5.56. The quantitative estimate of drug-likeness (QED) is 0.802. The van der Waals surface area contributed by atoms with E-state index in [0.717, 1.165) is 22.3 Å². The topological polar surface area (TPSA) is 71.3 Å². The van der Waals surface area contributed by atoms with Crippen LogP contribution >= 0.6 is 0 Å². The first-order valence-corrected chi connectivity index (χ1v) is 7.32. The standard InChI is InChI=1S/C17H18N4O2/c1-11-8-15(20-23-11)17(22)18-10-12-9-16(21(2)3)19-14-7-5-4-6-13(12)14/h4-9H,10H2,1-3H3,(H,18,22). The molecule has 0 radical (unpaired) electrons. The molecule has 0 bridgehead atoms. The van der Waals surface area contributed by atoms with Gasteiger partial charge in [-0.2, -0.15) is 0 Å². The van der Waals surface area contributed by atoms with Gasteiger partial charge < -0.3 is 14.7 Å². The minimum Gasteiger partial charge on any atom is -0.363 e. The molecule has 2 heterocycles. The van der Waals surface area contributed by atoms with E-state index < -0.39 is 0 Å². The molecule has 0 saturated carbocycles. The monoisotopic (exact) mass is 310 g/mol. The van der Waals surface area contributed by atoms with Crippen molar-refractivity contribution in [1.82, 2.24) is 15.5 Å². The lowest BCUT2D eigenvalue weighted by Crippen LogP contribution is -2.23. The number of nitrogens with one attached hydrogen (secondary N) is 1. The molecule has 1 N–H and O–H groups in total. The van der Waals surface area contributed by atoms with Crippen molar-refractivity contribution in [3.05, 3.63) is 53.4 Å². The van der Waals surface area contributed by atoms with Crippen LogP contribution in [0.5, 0.6) is 0 Å². The molecule has 0 saturated heterocycles. The Morgan fingerprint density at radius 2 is 2.04 bits per heavy atom. The van der Waals surface area contributed by atoms with Crippen molar-refractivity contribution in [2.45, 2.75) is 13.5 Å². The lowest BCUT2D eigenvalue weighted by atomic mass is 10.1. The second kappa shape index (κ2) is 6.08. The van der Waals surface area contributed by atoms with Gasteiger partial charge in [-0.15, -0.1) is 0 Å². The Morgan fingerprint density at radius 1 is 1.26 bits per heavy atom. The number of nitrogens with zero attached hydrogens (tertiary/aromatic N) is 3. The van der Waals surface area contributed by atoms with E-state index in [1.165, 1.54) is 0 Å². The molecule has 23 heavy (non-hydrogen) atoms. The number of benzene rings is 1. The number of anilines is 1. The molecule has 0 aliphatic rings. The van der Waals surface area contributed by atoms with Crippen molar-refractivity contribution in [2.24, 2.45) is 0 Å². The summed E-state index contributed by atoms with van der Waals surface area (Å²) in [4.78, 5) is 18.7. The Bertz CT molecular complexity index is 855. The van der Waals surface area contributed by atoms with Crippen LogP contribution in [0.3, 0.4) is 0 Å². The number of carbonyl (C=O) groups is 1. The molecule has 6 nitrogen and oxygen atoms in total. The number of rotatable bonds is 4. The number of amides is 1. The SMILES string of the molecule is Cc1cc(C(=O)NCc2cc(N(C)C)nc3ccccc23)no1. The van der Waals surface area contributed by atoms with Crippen LogP contribution in [-0.4, -0.2) is 30.1 Å². The maximum atomic E-state index is 12.1. The van der Waals surface area contributed by atoms with Gasteiger partial charge in [-0.1, -0.05) is 23.4 Å². The molecule has 1 amide bonds. The van der Waals surface area contributed by atoms with Crippen molar-refractivity contribution in [3.8, 4) is 0 Å². The first-order valence-electron chi connectivity index (χ1n) is 7.32. The predicted molar refractivity (Wildman–Crippen MR) is 88.5 cm³/mol. The van der Waals surface area contributed by atoms with Gasteiger partial charge in [-0.3, -0.25) is 4.79 Å². The Morgan fingerprint density at radius 3 is 2.74 bits per heavy atom. The van der Waals surface area contributed by atoms with E-state index in [4.69, 9.17) is 4.52 Å². The molecule has 0 spiro atoms. The van der Waals surface area contributed by atoms with Crippen molar-refractivity contribution in [1.29, 1.82) is 0 Å². The Kier molecular flexibility index (Phi) is 3.97. The third kappa shape index (κ3) is 3.15. The van der Waals surface area contributed by atoms with Crippen LogP contribution in [0.1, 0.15) is 21.8 Å². The second-order valence-corrected chi connectivity index (χ2v) is 5.56. The van der Waals surface area contributed by atoms with Crippen LogP contribution in [0.4, 0.5) is 5.82 Å². The largest absolute Gasteiger partial charge is 0.363 e. The van der Waals surface area contributed by atoms with E-state index in [1.54, 1.807) is 13.0 Å². The molecule has 3 aromatic rings. The molecule has 0 unspecified atom stereocenters. The van der Waals surface area contributed by atoms with E-state index in [-0.39, 0.29) is 11.6 Å². The summed E-state index contributed by atoms with van der Waals surface area (Å²) in [5, 5.41) is 7.63. The summed E-state index contributed by atoms with van der Waals surface area (Å²) in [7, 11) is 3.88. The summed E-state index contributed by atoms with van der Waals surface area (Å²) in [5.41, 5.74) is 2.20. The fourth-order valence-corrected chi connectivity index (χ4v) is 2.35. The van der Waals surface area contributed by atoms with E-state index in [1.807, 2.05) is 49.3 Å². The fraction of sp³-hybridized carbons (Fsp3) is 0.235. The van der Waals surface area contributed by atoms with E-state index >= 15 is 0 Å². The summed E-state index contributed by atoms with van der Waals surface area (Å²) in [5.74, 6) is 1.21. The average Bonchev–Trinajstić information content (AvgIpc) is 2.98. The summed E-state index contributed by atoms with van der Waals surface area (Å²) in [6.45, 7) is 2.15. The third-order valence-electron chi connectivity index (χ3n) is 3.55. The number of hydrogen-bond donors (Lipinski definition) is 1. The summed E-state index contributed by atoms with van der Waals surface area (Å²) in [6, 6.07) is 11.5. The molecule has 0 aliphatic heterocycles. The highest BCUT2D eigenvalue weighted by Gasteiger charge is 2.12. The van der Waals surface area contributed by atoms with Gasteiger partial charge in [0.05, 0.1) is 5.52 Å². The molecule has 3 rings (SSSR count). The van der Waals surface area contributed by atoms with Gasteiger partial charge in [0, 0.05) is 32.1 Å². The zero-order valence-corrected chi connectivity index (χ0v) is 13.3. The summed E-state index contributed by atoms with van der Waals surface area (Å²) in [6.07, 6.45) is 0. The maximum Gasteiger partial charge on any atom is 0.273 e. The van der Waals surface area contributed by atoms with E-state index in [0.29, 0.717) is 12.3 Å². The smallest absolute Gasteiger partial charge is 0.273 e. The number of pyridine rings is 1. The van der Waals surface area contributed by atoms with Crippen molar-refractivity contribution < 1.29 is 9.32 Å². The molecule has 6 heteroatoms. The number of carbonyl (C=O) groups excluding carboxylic acids is 1. The first-order chi connectivity index (χ1) is 11.0. The molecule has 0 atom stereocenters. The van der Waals surface area contributed by atoms with Gasteiger partial charge in [-0.25, -0.2) is 4.98 Å². The summed E-state index contributed by atoms with van der Waals surface area (Å²) < 4.78 is 4.93. The van der Waals surface area contributed by atoms with Crippen LogP contribution in [0.15, 0.2) is 40.9 Å². The molecular weight excluding hydrogens is 292 g/mol. The molecule has 0 fully saturated rings. The molecule has 118 valence electrons. The number of para-hydroxylation sites is 1. The van der Waals surface area contributed by atoms with Crippen molar-refractivity contribution >= 4 is 22.6 Å². The van der Waals surface area contributed by atoms with Crippen LogP contribution in [0, 0.1) is 6.92 Å². The molecule has 1 aromatic carbocycles. The highest BCUT2D eigenvalue weighted by Crippen LogP contribution is 2.22. The van der Waals surface area contributed by atoms with E-state index in [9.17, 15) is 4.79 Å². The lowest BCUT2D eigenvalue weighted by Gasteiger charge is -2.15. The Labute approximate surface area is 134 Å². The van der Waals surface area contributed by atoms with Gasteiger partial charge in [-0.05, 0) is 24.6 Å². The van der Waals surface area contributed by atoms with Crippen LogP contribution < -0.4 is 10.2 Å². The van der Waals surface area contributed by atoms with Crippen molar-refractivity contribution in [3.63, 3.8) is 0 Å². The first kappa shape index (κ1) is 15.0. The fourth-order valence-electron chi connectivity index (χ4n) is 2.35. The maximum absolute atomic E-state index is 12.1. The van der Waals surface area contributed by atoms with E-state index in [2.05, 4.69) is 15.5 Å². The highest BCUT2D eigenvalue weighted by atomic mass is 16.5. The molecular formula is C17H18N4O2. The van der Waals surface area contributed by atoms with Crippen LogP contribution in [-0.2, 0) is 6.54 Å². The minimum atomic E-state index is -0.255. The Hall–Kier alpha value is -2.89. The molecule has 2 aromatic heterocycles. The average molecular weight is 310 g/mol. The number of hydrogen-bond acceptors (Lipinski definition) is 5. The predicted octanol–water partition coefficient (Wildman–Crippen LogP) is 2.53. The lowest BCUT2D eigenvalue weighted by molar-refractivity contribution is 0.0942. The third-order valence-corrected chi connectivity index (χ3v) is 3.55. The number of aryl methyl sites for hydroxylation is 1. The normalized spacial score (nSPS) is 10.7. The van der Waals surface area contributed by atoms with Gasteiger partial charge >= 0.3 is 0 Å². The minimum absolute atomic E-state index is 0.255. The highest BCUT2D eigenvalue weighted by molar-refractivity contribution is 5.92. The van der Waals surface area contributed by atoms with Gasteiger partial charge in [0.25, 0.3) is 5.91 Å². The number of fused-ring (bicyclic) bond motifs is 1. The summed E-state index contributed by atoms with van der Waals surface area (Å²) >= 11 is 0. The van der Waals surface area contributed by atoms with Crippen molar-refractivity contribution in [2.75, 3.05) is 19.0 Å². The molecule has 0 aliphatic carbocycles. The van der Waals surface area contributed by atoms with Gasteiger partial charge in [0.2, 0.25) is 0 Å². The number of aromatic nitrogens is 2. The van der Waals surface area contributed by atoms with Gasteiger partial charge in [0.15, 0.2) is 5.69 Å². The zero-order chi connectivity index (χ0) is 16.4. The van der Waals surface area contributed by atoms with Crippen LogP contribution in [0.25, 0.3) is 10.9 Å². The Balaban J connectivity index is 1.88. The van der Waals surface area contributed by atoms with Gasteiger partial charge in [0.1, 0.15) is 11.6 Å². The van der Waals surface area contributed by atoms with Crippen LogP contribution in [0.2, 0.25) is 0 Å².